The maximum atomic E-state index is 5.95. The summed E-state index contributed by atoms with van der Waals surface area (Å²) in [7, 11) is 1.99. The normalized spacial score (nSPS) is 14.3. The van der Waals surface area contributed by atoms with E-state index in [4.69, 9.17) is 4.74 Å². The van der Waals surface area contributed by atoms with E-state index in [9.17, 15) is 0 Å². The van der Waals surface area contributed by atoms with Gasteiger partial charge in [-0.1, -0.05) is 37.6 Å². The van der Waals surface area contributed by atoms with Crippen molar-refractivity contribution in [3.05, 3.63) is 42.2 Å². The standard InChI is InChI=1S/C17H24N2O/c1-4-8-16(20-5-2)17(18-3)15-12-19-11-13-9-6-7-10-14(13)15/h6-7,9-12,16-18H,4-5,8H2,1-3H3. The van der Waals surface area contributed by atoms with Gasteiger partial charge < -0.3 is 10.1 Å². The lowest BCUT2D eigenvalue weighted by Gasteiger charge is -2.27. The van der Waals surface area contributed by atoms with Gasteiger partial charge in [0.05, 0.1) is 12.1 Å². The number of nitrogens with zero attached hydrogens (tertiary/aromatic N) is 1. The Hall–Kier alpha value is -1.45. The molecule has 0 aliphatic carbocycles. The number of pyridine rings is 1. The van der Waals surface area contributed by atoms with Crippen LogP contribution in [0.1, 0.15) is 38.3 Å². The number of benzene rings is 1. The van der Waals surface area contributed by atoms with E-state index < -0.39 is 0 Å². The number of aromatic nitrogens is 1. The van der Waals surface area contributed by atoms with Gasteiger partial charge in [0.15, 0.2) is 0 Å². The predicted molar refractivity (Wildman–Crippen MR) is 83.9 cm³/mol. The van der Waals surface area contributed by atoms with Gasteiger partial charge in [-0.05, 0) is 31.3 Å². The third-order valence-electron chi connectivity index (χ3n) is 3.67. The van der Waals surface area contributed by atoms with Crippen LogP contribution < -0.4 is 5.32 Å². The Kier molecular flexibility index (Phi) is 5.50. The number of likely N-dealkylation sites (N-methyl/N-ethyl adjacent to an activating group) is 1. The van der Waals surface area contributed by atoms with E-state index in [1.807, 2.05) is 25.5 Å². The van der Waals surface area contributed by atoms with Gasteiger partial charge in [-0.2, -0.15) is 0 Å². The summed E-state index contributed by atoms with van der Waals surface area (Å²) in [5.41, 5.74) is 1.22. The first kappa shape index (κ1) is 14.9. The second kappa shape index (κ2) is 7.36. The Morgan fingerprint density at radius 2 is 2.00 bits per heavy atom. The molecule has 0 bridgehead atoms. The second-order valence-electron chi connectivity index (χ2n) is 5.00. The molecule has 20 heavy (non-hydrogen) atoms. The molecule has 2 rings (SSSR count). The lowest BCUT2D eigenvalue weighted by Crippen LogP contribution is -2.32. The molecule has 2 unspecified atom stereocenters. The molecule has 1 aromatic heterocycles. The van der Waals surface area contributed by atoms with Crippen molar-refractivity contribution in [3.8, 4) is 0 Å². The van der Waals surface area contributed by atoms with Crippen molar-refractivity contribution in [1.82, 2.24) is 10.3 Å². The smallest absolute Gasteiger partial charge is 0.0770 e. The molecule has 1 aromatic carbocycles. The van der Waals surface area contributed by atoms with Gasteiger partial charge in [-0.15, -0.1) is 0 Å². The summed E-state index contributed by atoms with van der Waals surface area (Å²) in [6.45, 7) is 4.98. The lowest BCUT2D eigenvalue weighted by molar-refractivity contribution is 0.0298. The number of ether oxygens (including phenoxy) is 1. The Bertz CT molecular complexity index is 530. The lowest BCUT2D eigenvalue weighted by atomic mass is 9.95. The maximum Gasteiger partial charge on any atom is 0.0770 e. The first-order valence-corrected chi connectivity index (χ1v) is 7.43. The minimum absolute atomic E-state index is 0.175. The number of hydrogen-bond donors (Lipinski definition) is 1. The topological polar surface area (TPSA) is 34.1 Å². The molecule has 0 fully saturated rings. The van der Waals surface area contributed by atoms with Crippen molar-refractivity contribution in [1.29, 1.82) is 0 Å². The van der Waals surface area contributed by atoms with Crippen LogP contribution in [0.5, 0.6) is 0 Å². The third-order valence-corrected chi connectivity index (χ3v) is 3.67. The molecule has 1 N–H and O–H groups in total. The summed E-state index contributed by atoms with van der Waals surface area (Å²) in [5, 5.41) is 5.85. The number of nitrogens with one attached hydrogen (secondary N) is 1. The van der Waals surface area contributed by atoms with Crippen molar-refractivity contribution in [2.75, 3.05) is 13.7 Å². The highest BCUT2D eigenvalue weighted by atomic mass is 16.5. The number of rotatable bonds is 7. The molecule has 108 valence electrons. The fourth-order valence-electron chi connectivity index (χ4n) is 2.77. The van der Waals surface area contributed by atoms with Gasteiger partial charge >= 0.3 is 0 Å². The van der Waals surface area contributed by atoms with Crippen LogP contribution in [0.4, 0.5) is 0 Å². The average molecular weight is 272 g/mol. The van der Waals surface area contributed by atoms with Crippen LogP contribution in [-0.4, -0.2) is 24.7 Å². The average Bonchev–Trinajstić information content (AvgIpc) is 2.49. The number of hydrogen-bond acceptors (Lipinski definition) is 3. The first-order chi connectivity index (χ1) is 9.81. The minimum Gasteiger partial charge on any atom is -0.377 e. The summed E-state index contributed by atoms with van der Waals surface area (Å²) < 4.78 is 5.95. The van der Waals surface area contributed by atoms with Crippen LogP contribution in [0.25, 0.3) is 10.8 Å². The number of fused-ring (bicyclic) bond motifs is 1. The van der Waals surface area contributed by atoms with Crippen LogP contribution in [0.2, 0.25) is 0 Å². The molecule has 3 nitrogen and oxygen atoms in total. The van der Waals surface area contributed by atoms with Crippen LogP contribution >= 0.6 is 0 Å². The Morgan fingerprint density at radius 3 is 2.70 bits per heavy atom. The van der Waals surface area contributed by atoms with Gasteiger partial charge in [0.2, 0.25) is 0 Å². The molecular formula is C17H24N2O. The van der Waals surface area contributed by atoms with Gasteiger partial charge in [0.1, 0.15) is 0 Å². The van der Waals surface area contributed by atoms with E-state index >= 15 is 0 Å². The molecule has 0 aliphatic rings. The van der Waals surface area contributed by atoms with Crippen LogP contribution in [0.15, 0.2) is 36.7 Å². The Balaban J connectivity index is 2.42. The molecular weight excluding hydrogens is 248 g/mol. The van der Waals surface area contributed by atoms with Crippen molar-refractivity contribution in [3.63, 3.8) is 0 Å². The van der Waals surface area contributed by atoms with Crippen molar-refractivity contribution < 1.29 is 4.74 Å². The van der Waals surface area contributed by atoms with E-state index in [0.717, 1.165) is 19.4 Å². The zero-order chi connectivity index (χ0) is 14.4. The van der Waals surface area contributed by atoms with Gasteiger partial charge in [0, 0.05) is 24.4 Å². The third kappa shape index (κ3) is 3.17. The molecule has 2 aromatic rings. The maximum absolute atomic E-state index is 5.95. The molecule has 3 heteroatoms. The van der Waals surface area contributed by atoms with E-state index in [1.54, 1.807) is 0 Å². The van der Waals surface area contributed by atoms with Crippen molar-refractivity contribution >= 4 is 10.8 Å². The second-order valence-corrected chi connectivity index (χ2v) is 5.00. The molecule has 0 radical (unpaired) electrons. The van der Waals surface area contributed by atoms with Gasteiger partial charge in [-0.3, -0.25) is 4.98 Å². The Morgan fingerprint density at radius 1 is 1.20 bits per heavy atom. The highest BCUT2D eigenvalue weighted by Gasteiger charge is 2.23. The molecule has 0 aliphatic heterocycles. The summed E-state index contributed by atoms with van der Waals surface area (Å²) in [6.07, 6.45) is 6.22. The van der Waals surface area contributed by atoms with E-state index in [0.29, 0.717) is 0 Å². The minimum atomic E-state index is 0.175. The van der Waals surface area contributed by atoms with Crippen LogP contribution in [0.3, 0.4) is 0 Å². The fourth-order valence-corrected chi connectivity index (χ4v) is 2.77. The van der Waals surface area contributed by atoms with Crippen molar-refractivity contribution in [2.45, 2.75) is 38.8 Å². The molecule has 1 heterocycles. The monoisotopic (exact) mass is 272 g/mol. The molecule has 0 saturated carbocycles. The molecule has 2 atom stereocenters. The quantitative estimate of drug-likeness (QED) is 0.834. The fraction of sp³-hybridized carbons (Fsp3) is 0.471. The van der Waals surface area contributed by atoms with E-state index in [1.165, 1.54) is 16.3 Å². The summed E-state index contributed by atoms with van der Waals surface area (Å²) in [6, 6.07) is 8.57. The zero-order valence-electron chi connectivity index (χ0n) is 12.6. The molecule has 0 amide bonds. The molecule has 0 saturated heterocycles. The van der Waals surface area contributed by atoms with Crippen LogP contribution in [0, 0.1) is 0 Å². The van der Waals surface area contributed by atoms with Gasteiger partial charge in [-0.25, -0.2) is 0 Å². The van der Waals surface area contributed by atoms with E-state index in [-0.39, 0.29) is 12.1 Å². The molecule has 0 spiro atoms. The summed E-state index contributed by atoms with van der Waals surface area (Å²) >= 11 is 0. The zero-order valence-corrected chi connectivity index (χ0v) is 12.6. The SMILES string of the molecule is CCCC(OCC)C(NC)c1cncc2ccccc12. The Labute approximate surface area is 121 Å². The van der Waals surface area contributed by atoms with Gasteiger partial charge in [0.25, 0.3) is 0 Å². The van der Waals surface area contributed by atoms with Crippen LogP contribution in [-0.2, 0) is 4.74 Å². The summed E-state index contributed by atoms with van der Waals surface area (Å²) in [4.78, 5) is 4.39. The highest BCUT2D eigenvalue weighted by molar-refractivity contribution is 5.85. The van der Waals surface area contributed by atoms with E-state index in [2.05, 4.69) is 42.3 Å². The summed E-state index contributed by atoms with van der Waals surface area (Å²) in [5.74, 6) is 0. The van der Waals surface area contributed by atoms with Crippen molar-refractivity contribution in [2.24, 2.45) is 0 Å². The predicted octanol–water partition coefficient (Wildman–Crippen LogP) is 3.70. The highest BCUT2D eigenvalue weighted by Crippen LogP contribution is 2.28. The largest absolute Gasteiger partial charge is 0.377 e. The first-order valence-electron chi connectivity index (χ1n) is 7.43.